The minimum Gasteiger partial charge on any atom is -0.465 e. The summed E-state index contributed by atoms with van der Waals surface area (Å²) in [5, 5.41) is 0. The number of rotatable bonds is 4. The maximum Gasteiger partial charge on any atom is 0.340 e. The lowest BCUT2D eigenvalue weighted by Crippen LogP contribution is -2.27. The molecule has 0 bridgehead atoms. The van der Waals surface area contributed by atoms with Gasteiger partial charge >= 0.3 is 5.97 Å². The van der Waals surface area contributed by atoms with Gasteiger partial charge in [-0.1, -0.05) is 0 Å². The molecule has 10 heteroatoms. The number of hydrogen-bond acceptors (Lipinski definition) is 5. The summed E-state index contributed by atoms with van der Waals surface area (Å²) < 4.78 is 53.6. The molecule has 1 atom stereocenters. The van der Waals surface area contributed by atoms with E-state index in [1.807, 2.05) is 0 Å². The van der Waals surface area contributed by atoms with Gasteiger partial charge in [0.2, 0.25) is 15.0 Å². The van der Waals surface area contributed by atoms with Gasteiger partial charge in [-0.05, 0) is 6.07 Å². The van der Waals surface area contributed by atoms with Gasteiger partial charge in [-0.3, -0.25) is 4.79 Å². The first kappa shape index (κ1) is 17.6. The minimum absolute atomic E-state index is 0.0835. The van der Waals surface area contributed by atoms with Crippen LogP contribution < -0.4 is 4.90 Å². The summed E-state index contributed by atoms with van der Waals surface area (Å²) in [5.74, 6) is -5.02. The van der Waals surface area contributed by atoms with Crippen molar-refractivity contribution >= 4 is 37.3 Å². The molecule has 1 aliphatic heterocycles. The van der Waals surface area contributed by atoms with Gasteiger partial charge in [0.25, 0.3) is 0 Å². The van der Waals surface area contributed by atoms with Crippen molar-refractivity contribution in [1.82, 2.24) is 0 Å². The number of amides is 1. The first-order chi connectivity index (χ1) is 10.6. The van der Waals surface area contributed by atoms with Crippen molar-refractivity contribution in [2.24, 2.45) is 5.92 Å². The number of hydrogen-bond donors (Lipinski definition) is 0. The van der Waals surface area contributed by atoms with E-state index in [4.69, 9.17) is 10.7 Å². The van der Waals surface area contributed by atoms with Crippen LogP contribution in [-0.2, 0) is 18.6 Å². The molecule has 0 N–H and O–H groups in total. The molecule has 1 amide bonds. The second kappa shape index (κ2) is 6.40. The van der Waals surface area contributed by atoms with E-state index in [1.165, 1.54) is 0 Å². The molecule has 0 saturated carbocycles. The van der Waals surface area contributed by atoms with Crippen LogP contribution in [0, 0.1) is 17.6 Å². The number of methoxy groups -OCH3 is 1. The van der Waals surface area contributed by atoms with Gasteiger partial charge in [0.1, 0.15) is 0 Å². The Kier molecular flexibility index (Phi) is 4.90. The van der Waals surface area contributed by atoms with Crippen molar-refractivity contribution in [3.05, 3.63) is 29.3 Å². The van der Waals surface area contributed by atoms with Crippen LogP contribution in [0.15, 0.2) is 12.1 Å². The SMILES string of the molecule is COC(=O)c1cc(F)c(F)cc1N1CC(CS(=O)(=O)Cl)CC1=O. The Morgan fingerprint density at radius 3 is 2.57 bits per heavy atom. The zero-order valence-corrected chi connectivity index (χ0v) is 13.5. The molecule has 23 heavy (non-hydrogen) atoms. The first-order valence-corrected chi connectivity index (χ1v) is 8.90. The Morgan fingerprint density at radius 2 is 2.00 bits per heavy atom. The van der Waals surface area contributed by atoms with Crippen molar-refractivity contribution in [2.75, 3.05) is 24.3 Å². The van der Waals surface area contributed by atoms with Crippen molar-refractivity contribution in [1.29, 1.82) is 0 Å². The van der Waals surface area contributed by atoms with Crippen LogP contribution in [0.3, 0.4) is 0 Å². The zero-order valence-electron chi connectivity index (χ0n) is 11.9. The lowest BCUT2D eigenvalue weighted by Gasteiger charge is -2.19. The molecular formula is C13H12ClF2NO5S. The van der Waals surface area contributed by atoms with Crippen LogP contribution in [0.25, 0.3) is 0 Å². The molecule has 126 valence electrons. The maximum atomic E-state index is 13.5. The Balaban J connectivity index is 2.40. The summed E-state index contributed by atoms with van der Waals surface area (Å²) in [6.45, 7) is -0.0835. The molecule has 1 fully saturated rings. The molecule has 1 aliphatic rings. The van der Waals surface area contributed by atoms with Crippen molar-refractivity contribution in [3.63, 3.8) is 0 Å². The highest BCUT2D eigenvalue weighted by atomic mass is 35.7. The molecule has 0 spiro atoms. The van der Waals surface area contributed by atoms with E-state index in [9.17, 15) is 26.8 Å². The molecule has 1 aromatic rings. The van der Waals surface area contributed by atoms with Gasteiger partial charge in [0.15, 0.2) is 11.6 Å². The van der Waals surface area contributed by atoms with Crippen LogP contribution in [0.4, 0.5) is 14.5 Å². The fourth-order valence-electron chi connectivity index (χ4n) is 2.44. The average molecular weight is 368 g/mol. The van der Waals surface area contributed by atoms with E-state index in [0.29, 0.717) is 12.1 Å². The van der Waals surface area contributed by atoms with Gasteiger partial charge in [-0.25, -0.2) is 22.0 Å². The molecule has 2 rings (SSSR count). The van der Waals surface area contributed by atoms with Crippen molar-refractivity contribution in [3.8, 4) is 0 Å². The average Bonchev–Trinajstić information content (AvgIpc) is 2.78. The van der Waals surface area contributed by atoms with E-state index in [2.05, 4.69) is 4.74 Å². The third kappa shape index (κ3) is 3.97. The number of anilines is 1. The number of carbonyl (C=O) groups is 2. The van der Waals surface area contributed by atoms with Gasteiger partial charge in [-0.15, -0.1) is 0 Å². The van der Waals surface area contributed by atoms with Crippen LogP contribution in [-0.4, -0.2) is 39.7 Å². The van der Waals surface area contributed by atoms with Gasteiger partial charge in [-0.2, -0.15) is 0 Å². The topological polar surface area (TPSA) is 80.8 Å². The number of nitrogens with zero attached hydrogens (tertiary/aromatic N) is 1. The summed E-state index contributed by atoms with van der Waals surface area (Å²) in [4.78, 5) is 24.8. The molecule has 0 radical (unpaired) electrons. The standard InChI is InChI=1S/C13H12ClF2NO5S/c1-22-13(19)8-3-9(15)10(16)4-11(8)17-5-7(2-12(17)18)6-23(14,20)21/h3-4,7H,2,5-6H2,1H3. The normalized spacial score (nSPS) is 18.3. The lowest BCUT2D eigenvalue weighted by atomic mass is 10.1. The number of benzene rings is 1. The van der Waals surface area contributed by atoms with E-state index in [1.54, 1.807) is 0 Å². The van der Waals surface area contributed by atoms with Crippen LogP contribution in [0.2, 0.25) is 0 Å². The van der Waals surface area contributed by atoms with Crippen molar-refractivity contribution in [2.45, 2.75) is 6.42 Å². The number of halogens is 3. The minimum atomic E-state index is -3.81. The molecule has 6 nitrogen and oxygen atoms in total. The molecule has 1 saturated heterocycles. The van der Waals surface area contributed by atoms with E-state index < -0.39 is 44.2 Å². The third-order valence-corrected chi connectivity index (χ3v) is 4.62. The predicted molar refractivity (Wildman–Crippen MR) is 77.8 cm³/mol. The molecule has 0 aromatic heterocycles. The van der Waals surface area contributed by atoms with Gasteiger partial charge < -0.3 is 9.64 Å². The van der Waals surface area contributed by atoms with Crippen molar-refractivity contribution < 1.29 is 31.5 Å². The third-order valence-electron chi connectivity index (χ3n) is 3.37. The maximum absolute atomic E-state index is 13.5. The number of ether oxygens (including phenoxy) is 1. The molecular weight excluding hydrogens is 356 g/mol. The highest BCUT2D eigenvalue weighted by Gasteiger charge is 2.35. The summed E-state index contributed by atoms with van der Waals surface area (Å²) in [7, 11) is 2.41. The van der Waals surface area contributed by atoms with Crippen LogP contribution >= 0.6 is 10.7 Å². The summed E-state index contributed by atoms with van der Waals surface area (Å²) in [6.07, 6.45) is -0.133. The Morgan fingerprint density at radius 1 is 1.39 bits per heavy atom. The quantitative estimate of drug-likeness (QED) is 0.597. The molecule has 1 aromatic carbocycles. The second-order valence-electron chi connectivity index (χ2n) is 5.06. The Bertz CT molecular complexity index is 768. The highest BCUT2D eigenvalue weighted by molar-refractivity contribution is 8.13. The van der Waals surface area contributed by atoms with Gasteiger partial charge in [0.05, 0.1) is 24.1 Å². The molecule has 1 heterocycles. The smallest absolute Gasteiger partial charge is 0.340 e. The van der Waals surface area contributed by atoms with Crippen LogP contribution in [0.5, 0.6) is 0 Å². The number of esters is 1. The Hall–Kier alpha value is -1.74. The Labute approximate surface area is 135 Å². The van der Waals surface area contributed by atoms with E-state index >= 15 is 0 Å². The number of carbonyl (C=O) groups excluding carboxylic acids is 2. The predicted octanol–water partition coefficient (Wildman–Crippen LogP) is 1.67. The van der Waals surface area contributed by atoms with E-state index in [-0.39, 0.29) is 24.2 Å². The van der Waals surface area contributed by atoms with Gasteiger partial charge in [0, 0.05) is 35.6 Å². The lowest BCUT2D eigenvalue weighted by molar-refractivity contribution is -0.117. The summed E-state index contributed by atoms with van der Waals surface area (Å²) >= 11 is 0. The second-order valence-corrected chi connectivity index (χ2v) is 7.88. The first-order valence-electron chi connectivity index (χ1n) is 6.42. The largest absolute Gasteiger partial charge is 0.465 e. The van der Waals surface area contributed by atoms with Crippen LogP contribution in [0.1, 0.15) is 16.8 Å². The fraction of sp³-hybridized carbons (Fsp3) is 0.385. The monoisotopic (exact) mass is 367 g/mol. The summed E-state index contributed by atoms with van der Waals surface area (Å²) in [5.41, 5.74) is -0.496. The molecule has 0 aliphatic carbocycles. The molecule has 1 unspecified atom stereocenters. The fourth-order valence-corrected chi connectivity index (χ4v) is 3.76. The zero-order chi connectivity index (χ0) is 17.4. The van der Waals surface area contributed by atoms with E-state index in [0.717, 1.165) is 12.0 Å². The summed E-state index contributed by atoms with van der Waals surface area (Å²) in [6, 6.07) is 1.34. The highest BCUT2D eigenvalue weighted by Crippen LogP contribution is 2.31.